The average molecular weight is 544 g/mol. The van der Waals surface area contributed by atoms with Crippen LogP contribution in [-0.4, -0.2) is 31.3 Å². The van der Waals surface area contributed by atoms with Crippen LogP contribution in [0.2, 0.25) is 0 Å². The van der Waals surface area contributed by atoms with E-state index in [2.05, 4.69) is 4.74 Å². The smallest absolute Gasteiger partial charge is 0.416 e. The molecule has 0 spiro atoms. The second kappa shape index (κ2) is 11.6. The third-order valence-electron chi connectivity index (χ3n) is 5.54. The topological polar surface area (TPSA) is 66.9 Å². The number of aromatic nitrogens is 1. The van der Waals surface area contributed by atoms with Gasteiger partial charge in [0.05, 0.1) is 30.4 Å². The van der Waals surface area contributed by atoms with E-state index < -0.39 is 23.8 Å². The van der Waals surface area contributed by atoms with Crippen LogP contribution >= 0.6 is 11.3 Å². The fraction of sp³-hybridized carbons (Fsp3) is 0.214. The highest BCUT2D eigenvalue weighted by atomic mass is 32.1. The first-order chi connectivity index (χ1) is 18.2. The Morgan fingerprint density at radius 1 is 0.868 bits per heavy atom. The number of carbonyl (C=O) groups is 1. The normalized spacial score (nSPS) is 12.1. The molecule has 0 aliphatic rings. The lowest BCUT2D eigenvalue weighted by Crippen LogP contribution is -2.24. The molecule has 10 heteroatoms. The van der Waals surface area contributed by atoms with E-state index in [0.29, 0.717) is 33.5 Å². The van der Waals surface area contributed by atoms with Crippen molar-refractivity contribution in [2.45, 2.75) is 25.8 Å². The van der Waals surface area contributed by atoms with Crippen molar-refractivity contribution in [1.82, 2.24) is 4.98 Å². The van der Waals surface area contributed by atoms with Crippen molar-refractivity contribution in [3.63, 3.8) is 0 Å². The maximum absolute atomic E-state index is 13.1. The molecule has 1 aromatic heterocycles. The molecule has 1 atom stereocenters. The molecule has 198 valence electrons. The summed E-state index contributed by atoms with van der Waals surface area (Å²) in [6, 6.07) is 19.1. The van der Waals surface area contributed by atoms with Crippen molar-refractivity contribution in [1.29, 1.82) is 0 Å². The number of thiazole rings is 1. The first-order valence-electron chi connectivity index (χ1n) is 11.5. The summed E-state index contributed by atoms with van der Waals surface area (Å²) >= 11 is 1.34. The molecule has 1 heterocycles. The van der Waals surface area contributed by atoms with Crippen LogP contribution in [0.5, 0.6) is 17.2 Å². The number of rotatable bonds is 9. The molecular weight excluding hydrogens is 519 g/mol. The van der Waals surface area contributed by atoms with E-state index in [0.717, 1.165) is 22.6 Å². The van der Waals surface area contributed by atoms with E-state index in [1.165, 1.54) is 30.6 Å². The number of alkyl halides is 3. The number of nitrogens with zero attached hydrogens (tertiary/aromatic N) is 1. The zero-order chi connectivity index (χ0) is 27.3. The maximum Gasteiger partial charge on any atom is 0.416 e. The van der Waals surface area contributed by atoms with Crippen LogP contribution in [0.1, 0.15) is 17.5 Å². The molecule has 0 aliphatic carbocycles. The summed E-state index contributed by atoms with van der Waals surface area (Å²) in [6.45, 7) is 1.74. The fourth-order valence-electron chi connectivity index (χ4n) is 3.55. The van der Waals surface area contributed by atoms with E-state index in [9.17, 15) is 18.0 Å². The molecule has 0 fully saturated rings. The quantitative estimate of drug-likeness (QED) is 0.211. The summed E-state index contributed by atoms with van der Waals surface area (Å²) < 4.78 is 60.5. The molecule has 0 N–H and O–H groups in total. The zero-order valence-electron chi connectivity index (χ0n) is 20.7. The molecule has 0 bridgehead atoms. The molecule has 3 aromatic carbocycles. The Labute approximate surface area is 221 Å². The van der Waals surface area contributed by atoms with Gasteiger partial charge in [0.1, 0.15) is 28.9 Å². The molecule has 1 unspecified atom stereocenters. The highest BCUT2D eigenvalue weighted by Crippen LogP contribution is 2.39. The summed E-state index contributed by atoms with van der Waals surface area (Å²) in [5.41, 5.74) is 1.34. The Morgan fingerprint density at radius 2 is 1.45 bits per heavy atom. The highest BCUT2D eigenvalue weighted by Gasteiger charge is 2.30. The Kier molecular flexibility index (Phi) is 8.21. The number of methoxy groups -OCH3 is 2. The van der Waals surface area contributed by atoms with Crippen molar-refractivity contribution in [3.8, 4) is 38.9 Å². The van der Waals surface area contributed by atoms with Crippen molar-refractivity contribution in [3.05, 3.63) is 83.4 Å². The van der Waals surface area contributed by atoms with Crippen molar-refractivity contribution in [2.75, 3.05) is 14.2 Å². The molecule has 4 aromatic rings. The predicted octanol–water partition coefficient (Wildman–Crippen LogP) is 7.02. The average Bonchev–Trinajstić information content (AvgIpc) is 3.36. The second-order valence-corrected chi connectivity index (χ2v) is 9.22. The molecule has 0 saturated carbocycles. The summed E-state index contributed by atoms with van der Waals surface area (Å²) in [6.07, 6.45) is -5.16. The minimum absolute atomic E-state index is 0.146. The number of esters is 1. The first-order valence-corrected chi connectivity index (χ1v) is 12.3. The van der Waals surface area contributed by atoms with Crippen LogP contribution in [0.4, 0.5) is 13.2 Å². The van der Waals surface area contributed by atoms with Gasteiger partial charge in [-0.1, -0.05) is 12.1 Å². The van der Waals surface area contributed by atoms with Gasteiger partial charge < -0.3 is 18.9 Å². The largest absolute Gasteiger partial charge is 0.497 e. The summed E-state index contributed by atoms with van der Waals surface area (Å²) in [5.74, 6) is 1.24. The van der Waals surface area contributed by atoms with Gasteiger partial charge in [0, 0.05) is 5.56 Å². The lowest BCUT2D eigenvalue weighted by atomic mass is 10.1. The van der Waals surface area contributed by atoms with Gasteiger partial charge in [0.25, 0.3) is 0 Å². The van der Waals surface area contributed by atoms with Gasteiger partial charge in [-0.05, 0) is 73.2 Å². The van der Waals surface area contributed by atoms with Gasteiger partial charge in [-0.3, -0.25) is 0 Å². The van der Waals surface area contributed by atoms with Crippen LogP contribution in [0.25, 0.3) is 21.7 Å². The van der Waals surface area contributed by atoms with Gasteiger partial charge in [-0.15, -0.1) is 11.3 Å². The van der Waals surface area contributed by atoms with Crippen LogP contribution in [-0.2, 0) is 22.3 Å². The molecule has 38 heavy (non-hydrogen) atoms. The third-order valence-corrected chi connectivity index (χ3v) is 6.62. The molecule has 6 nitrogen and oxygen atoms in total. The number of ether oxygens (including phenoxy) is 4. The number of halogens is 3. The Balaban J connectivity index is 1.56. The summed E-state index contributed by atoms with van der Waals surface area (Å²) in [7, 11) is 2.86. The van der Waals surface area contributed by atoms with Gasteiger partial charge in [-0.25, -0.2) is 9.78 Å². The third kappa shape index (κ3) is 6.44. The van der Waals surface area contributed by atoms with Crippen LogP contribution in [0, 0.1) is 0 Å². The minimum atomic E-state index is -4.41. The van der Waals surface area contributed by atoms with Gasteiger partial charge >= 0.3 is 12.1 Å². The number of hydrogen-bond acceptors (Lipinski definition) is 7. The van der Waals surface area contributed by atoms with Crippen molar-refractivity contribution < 1.29 is 36.9 Å². The van der Waals surface area contributed by atoms with Crippen molar-refractivity contribution in [2.24, 2.45) is 0 Å². The first kappa shape index (κ1) is 27.0. The lowest BCUT2D eigenvalue weighted by molar-refractivity contribution is -0.148. The van der Waals surface area contributed by atoms with E-state index in [1.807, 2.05) is 12.1 Å². The maximum atomic E-state index is 13.1. The standard InChI is InChI=1S/C28H24F3NO5S/c1-17(27(33)35-3)37-23-14-12-22(13-15-23)36-16-24-32-25(18-6-10-21(34-2)11-7-18)26(38-24)19-4-8-20(9-5-19)28(29,30)31/h4-15,17H,16H2,1-3H3. The lowest BCUT2D eigenvalue weighted by Gasteiger charge is -2.12. The monoisotopic (exact) mass is 543 g/mol. The van der Waals surface area contributed by atoms with E-state index in [1.54, 1.807) is 50.4 Å². The molecule has 4 rings (SSSR count). The van der Waals surface area contributed by atoms with Crippen LogP contribution in [0.3, 0.4) is 0 Å². The fourth-order valence-corrected chi connectivity index (χ4v) is 4.56. The number of benzene rings is 3. The van der Waals surface area contributed by atoms with Gasteiger partial charge in [0.2, 0.25) is 0 Å². The summed E-state index contributed by atoms with van der Waals surface area (Å²) in [5, 5.41) is 0.644. The van der Waals surface area contributed by atoms with Crippen LogP contribution in [0.15, 0.2) is 72.8 Å². The van der Waals surface area contributed by atoms with Gasteiger partial charge in [0.15, 0.2) is 6.10 Å². The van der Waals surface area contributed by atoms with Crippen LogP contribution < -0.4 is 14.2 Å². The molecule has 0 aliphatic heterocycles. The molecule has 0 saturated heterocycles. The number of carbonyl (C=O) groups excluding carboxylic acids is 1. The van der Waals surface area contributed by atoms with E-state index >= 15 is 0 Å². The Hall–Kier alpha value is -4.05. The number of hydrogen-bond donors (Lipinski definition) is 0. The predicted molar refractivity (Wildman–Crippen MR) is 137 cm³/mol. The summed E-state index contributed by atoms with van der Waals surface area (Å²) in [4.78, 5) is 17.0. The zero-order valence-corrected chi connectivity index (χ0v) is 21.6. The second-order valence-electron chi connectivity index (χ2n) is 8.13. The molecule has 0 amide bonds. The molecular formula is C28H24F3NO5S. The Bertz CT molecular complexity index is 1370. The molecule has 0 radical (unpaired) electrons. The minimum Gasteiger partial charge on any atom is -0.497 e. The highest BCUT2D eigenvalue weighted by molar-refractivity contribution is 7.15. The van der Waals surface area contributed by atoms with Gasteiger partial charge in [-0.2, -0.15) is 13.2 Å². The SMILES string of the molecule is COC(=O)C(C)Oc1ccc(OCc2nc(-c3ccc(OC)cc3)c(-c3ccc(C(F)(F)F)cc3)s2)cc1. The van der Waals surface area contributed by atoms with E-state index in [-0.39, 0.29) is 6.61 Å². The Morgan fingerprint density at radius 3 is 2.03 bits per heavy atom. The van der Waals surface area contributed by atoms with Crippen molar-refractivity contribution >= 4 is 17.3 Å². The van der Waals surface area contributed by atoms with E-state index in [4.69, 9.17) is 19.2 Å².